The van der Waals surface area contributed by atoms with E-state index in [0.29, 0.717) is 31.7 Å². The van der Waals surface area contributed by atoms with Gasteiger partial charge in [0.2, 0.25) is 0 Å². The topological polar surface area (TPSA) is 77.0 Å². The molecule has 1 N–H and O–H groups in total. The van der Waals surface area contributed by atoms with Crippen molar-refractivity contribution in [2.75, 3.05) is 6.61 Å². The number of hydrogen-bond acceptors (Lipinski definition) is 6. The van der Waals surface area contributed by atoms with E-state index in [9.17, 15) is 9.59 Å². The molecule has 6 nitrogen and oxygen atoms in total. The van der Waals surface area contributed by atoms with E-state index in [1.807, 2.05) is 37.3 Å². The molecule has 1 saturated heterocycles. The maximum Gasteiger partial charge on any atom is 0.308 e. The summed E-state index contributed by atoms with van der Waals surface area (Å²) in [5, 5.41) is 3.28. The molecule has 29 heavy (non-hydrogen) atoms. The molecule has 1 amide bonds. The van der Waals surface area contributed by atoms with Crippen molar-refractivity contribution in [2.24, 2.45) is 4.99 Å². The van der Waals surface area contributed by atoms with E-state index in [2.05, 4.69) is 48.8 Å². The fourth-order valence-electron chi connectivity index (χ4n) is 2.44. The molecular weight excluding hydrogens is 571 g/mol. The predicted molar refractivity (Wildman–Crippen MR) is 127 cm³/mol. The van der Waals surface area contributed by atoms with E-state index in [1.54, 1.807) is 12.1 Å². The van der Waals surface area contributed by atoms with Crippen LogP contribution < -0.4 is 14.8 Å². The molecule has 0 aromatic heterocycles. The van der Waals surface area contributed by atoms with Gasteiger partial charge >= 0.3 is 5.97 Å². The summed E-state index contributed by atoms with van der Waals surface area (Å²) in [6.07, 6.45) is 1.76. The standard InChI is InChI=1S/C20H16BrIN2O4S/c1-3-27-16-9-12(8-15(22)18(16)28-11(2)25)10-17-19(26)24-20(29-17)23-14-6-4-13(21)5-7-14/h4-10H,3H2,1-2H3,(H,23,24,26)/b17-10-. The Hall–Kier alpha value is -1.85. The third-order valence-corrected chi connectivity index (χ3v) is 5.82. The molecule has 2 aromatic rings. The van der Waals surface area contributed by atoms with Gasteiger partial charge in [-0.15, -0.1) is 0 Å². The van der Waals surface area contributed by atoms with E-state index in [0.717, 1.165) is 15.7 Å². The molecule has 9 heteroatoms. The summed E-state index contributed by atoms with van der Waals surface area (Å²) < 4.78 is 12.6. The normalized spacial score (nSPS) is 16.2. The zero-order chi connectivity index (χ0) is 21.0. The third-order valence-electron chi connectivity index (χ3n) is 3.58. The number of esters is 1. The number of nitrogens with zero attached hydrogens (tertiary/aromatic N) is 1. The van der Waals surface area contributed by atoms with Crippen molar-refractivity contribution in [3.8, 4) is 11.5 Å². The molecule has 1 aliphatic rings. The Kier molecular flexibility index (Phi) is 7.36. The highest BCUT2D eigenvalue weighted by molar-refractivity contribution is 14.1. The molecule has 2 aromatic carbocycles. The number of hydrogen-bond donors (Lipinski definition) is 1. The Balaban J connectivity index is 1.88. The van der Waals surface area contributed by atoms with Gasteiger partial charge in [0.1, 0.15) is 0 Å². The monoisotopic (exact) mass is 586 g/mol. The van der Waals surface area contributed by atoms with E-state index in [1.165, 1.54) is 18.7 Å². The van der Waals surface area contributed by atoms with Crippen LogP contribution in [0.25, 0.3) is 6.08 Å². The highest BCUT2D eigenvalue weighted by Crippen LogP contribution is 2.36. The highest BCUT2D eigenvalue weighted by Gasteiger charge is 2.24. The number of halogens is 2. The Morgan fingerprint density at radius 3 is 2.69 bits per heavy atom. The Morgan fingerprint density at radius 1 is 1.31 bits per heavy atom. The zero-order valence-electron chi connectivity index (χ0n) is 15.5. The maximum absolute atomic E-state index is 12.4. The number of aliphatic imine (C=N–C) groups is 1. The lowest BCUT2D eigenvalue weighted by atomic mass is 10.2. The van der Waals surface area contributed by atoms with Crippen LogP contribution in [0.4, 0.5) is 5.69 Å². The van der Waals surface area contributed by atoms with Gasteiger partial charge in [-0.3, -0.25) is 9.59 Å². The van der Waals surface area contributed by atoms with Gasteiger partial charge in [0.05, 0.1) is 20.8 Å². The Bertz CT molecular complexity index is 1020. The minimum atomic E-state index is -0.422. The number of nitrogens with one attached hydrogen (secondary N) is 1. The molecule has 0 unspecified atom stereocenters. The van der Waals surface area contributed by atoms with Gasteiger partial charge in [0.25, 0.3) is 5.91 Å². The molecule has 1 heterocycles. The second kappa shape index (κ2) is 9.77. The van der Waals surface area contributed by atoms with Gasteiger partial charge in [0.15, 0.2) is 16.7 Å². The van der Waals surface area contributed by atoms with E-state index >= 15 is 0 Å². The fraction of sp³-hybridized carbons (Fsp3) is 0.150. The molecule has 0 spiro atoms. The fourth-order valence-corrected chi connectivity index (χ4v) is 4.28. The van der Waals surface area contributed by atoms with E-state index < -0.39 is 5.97 Å². The summed E-state index contributed by atoms with van der Waals surface area (Å²) in [6, 6.07) is 11.1. The van der Waals surface area contributed by atoms with Crippen LogP contribution >= 0.6 is 50.3 Å². The van der Waals surface area contributed by atoms with Crippen molar-refractivity contribution in [1.82, 2.24) is 5.32 Å². The zero-order valence-corrected chi connectivity index (χ0v) is 20.1. The van der Waals surface area contributed by atoms with Gasteiger partial charge in [-0.2, -0.15) is 0 Å². The second-order valence-corrected chi connectivity index (χ2v) is 8.92. The molecule has 150 valence electrons. The van der Waals surface area contributed by atoms with Crippen LogP contribution in [0.1, 0.15) is 19.4 Å². The molecule has 0 radical (unpaired) electrons. The molecule has 3 rings (SSSR count). The summed E-state index contributed by atoms with van der Waals surface area (Å²) in [7, 11) is 0. The van der Waals surface area contributed by atoms with E-state index in [4.69, 9.17) is 9.47 Å². The highest BCUT2D eigenvalue weighted by atomic mass is 127. The lowest BCUT2D eigenvalue weighted by Crippen LogP contribution is -2.19. The molecule has 0 aliphatic carbocycles. The third kappa shape index (κ3) is 5.83. The molecule has 0 bridgehead atoms. The minimum absolute atomic E-state index is 0.220. The summed E-state index contributed by atoms with van der Waals surface area (Å²) in [4.78, 5) is 28.7. The molecular formula is C20H16BrIN2O4S. The number of rotatable bonds is 5. The van der Waals surface area contributed by atoms with Crippen LogP contribution in [0, 0.1) is 3.57 Å². The van der Waals surface area contributed by atoms with E-state index in [-0.39, 0.29) is 5.91 Å². The predicted octanol–water partition coefficient (Wildman–Crippen LogP) is 5.27. The number of amides is 1. The SMILES string of the molecule is CCOc1cc(/C=C2\SC(=Nc3ccc(Br)cc3)NC2=O)cc(I)c1OC(C)=O. The Morgan fingerprint density at radius 2 is 2.03 bits per heavy atom. The van der Waals surface area contributed by atoms with Crippen LogP contribution in [-0.2, 0) is 9.59 Å². The molecule has 1 fully saturated rings. The van der Waals surface area contributed by atoms with Crippen LogP contribution in [0.2, 0.25) is 0 Å². The number of carbonyl (C=O) groups is 2. The van der Waals surface area contributed by atoms with Gasteiger partial charge < -0.3 is 14.8 Å². The molecule has 1 aliphatic heterocycles. The van der Waals surface area contributed by atoms with Crippen molar-refractivity contribution < 1.29 is 19.1 Å². The summed E-state index contributed by atoms with van der Waals surface area (Å²) in [5.41, 5.74) is 1.51. The van der Waals surface area contributed by atoms with Crippen molar-refractivity contribution in [1.29, 1.82) is 0 Å². The Labute approximate surface area is 194 Å². The number of amidine groups is 1. The largest absolute Gasteiger partial charge is 0.490 e. The first-order chi connectivity index (χ1) is 13.9. The first kappa shape index (κ1) is 21.8. The van der Waals surface area contributed by atoms with Gasteiger partial charge in [0, 0.05) is 11.4 Å². The van der Waals surface area contributed by atoms with Crippen molar-refractivity contribution >= 4 is 79.1 Å². The molecule has 0 saturated carbocycles. The maximum atomic E-state index is 12.4. The second-order valence-electron chi connectivity index (χ2n) is 5.81. The van der Waals surface area contributed by atoms with Crippen LogP contribution in [0.15, 0.2) is 50.8 Å². The van der Waals surface area contributed by atoms with Crippen molar-refractivity contribution in [2.45, 2.75) is 13.8 Å². The van der Waals surface area contributed by atoms with Gasteiger partial charge in [-0.05, 0) is 89.3 Å². The lowest BCUT2D eigenvalue weighted by Gasteiger charge is -2.12. The first-order valence-electron chi connectivity index (χ1n) is 8.55. The number of ether oxygens (including phenoxy) is 2. The van der Waals surface area contributed by atoms with Crippen LogP contribution in [0.3, 0.4) is 0 Å². The van der Waals surface area contributed by atoms with Gasteiger partial charge in [-0.25, -0.2) is 4.99 Å². The van der Waals surface area contributed by atoms with Crippen LogP contribution in [0.5, 0.6) is 11.5 Å². The van der Waals surface area contributed by atoms with Crippen LogP contribution in [-0.4, -0.2) is 23.7 Å². The van der Waals surface area contributed by atoms with Gasteiger partial charge in [-0.1, -0.05) is 15.9 Å². The first-order valence-corrected chi connectivity index (χ1v) is 11.2. The summed E-state index contributed by atoms with van der Waals surface area (Å²) >= 11 is 6.72. The minimum Gasteiger partial charge on any atom is -0.490 e. The quantitative estimate of drug-likeness (QED) is 0.224. The van der Waals surface area contributed by atoms with Crippen molar-refractivity contribution in [3.05, 3.63) is 54.9 Å². The smallest absolute Gasteiger partial charge is 0.308 e. The summed E-state index contributed by atoms with van der Waals surface area (Å²) in [5.74, 6) is 0.189. The average Bonchev–Trinajstić information content (AvgIpc) is 2.99. The molecule has 0 atom stereocenters. The number of carbonyl (C=O) groups excluding carboxylic acids is 2. The average molecular weight is 587 g/mol. The number of thioether (sulfide) groups is 1. The van der Waals surface area contributed by atoms with Crippen molar-refractivity contribution in [3.63, 3.8) is 0 Å². The summed E-state index contributed by atoms with van der Waals surface area (Å²) in [6.45, 7) is 3.61. The lowest BCUT2D eigenvalue weighted by molar-refractivity contribution is -0.132. The number of benzene rings is 2.